The van der Waals surface area contributed by atoms with E-state index in [1.807, 2.05) is 0 Å². The maximum atomic E-state index is 12.8. The molecule has 5 nitrogen and oxygen atoms in total. The summed E-state index contributed by atoms with van der Waals surface area (Å²) < 4.78 is 44.0. The first-order valence-electron chi connectivity index (χ1n) is 7.42. The fourth-order valence-corrected chi connectivity index (χ4v) is 4.17. The Kier molecular flexibility index (Phi) is 3.27. The Morgan fingerprint density at radius 3 is 2.72 bits per heavy atom. The van der Waals surface area contributed by atoms with E-state index in [-0.39, 0.29) is 17.3 Å². The minimum Gasteiger partial charge on any atom is -0.481 e. The van der Waals surface area contributed by atoms with Gasteiger partial charge in [0.15, 0.2) is 0 Å². The quantitative estimate of drug-likeness (QED) is 0.809. The lowest BCUT2D eigenvalue weighted by atomic mass is 9.77. The zero-order chi connectivity index (χ0) is 18.1. The Bertz CT molecular complexity index is 824. The van der Waals surface area contributed by atoms with Crippen molar-refractivity contribution in [2.75, 3.05) is 11.4 Å². The second-order valence-electron chi connectivity index (χ2n) is 6.33. The lowest BCUT2D eigenvalue weighted by Crippen LogP contribution is -2.39. The van der Waals surface area contributed by atoms with Crippen molar-refractivity contribution in [3.8, 4) is 0 Å². The fourth-order valence-electron chi connectivity index (χ4n) is 3.89. The number of fused-ring (bicyclic) bond motifs is 1. The summed E-state index contributed by atoms with van der Waals surface area (Å²) in [5, 5.41) is 9.17. The molecule has 0 radical (unpaired) electrons. The smallest absolute Gasteiger partial charge is 0.416 e. The summed E-state index contributed by atoms with van der Waals surface area (Å²) in [5.41, 5.74) is -1.89. The molecule has 2 bridgehead atoms. The zero-order valence-electron chi connectivity index (χ0n) is 12.5. The molecule has 2 unspecified atom stereocenters. The molecule has 0 aromatic heterocycles. The van der Waals surface area contributed by atoms with Crippen molar-refractivity contribution in [2.24, 2.45) is 11.8 Å². The van der Waals surface area contributed by atoms with Gasteiger partial charge in [0.1, 0.15) is 11.5 Å². The second kappa shape index (κ2) is 4.98. The van der Waals surface area contributed by atoms with Gasteiger partial charge in [0.05, 0.1) is 34.8 Å². The van der Waals surface area contributed by atoms with Crippen LogP contribution in [0.4, 0.5) is 18.9 Å². The van der Waals surface area contributed by atoms with Crippen molar-refractivity contribution < 1.29 is 32.6 Å². The number of carboxylic acids is 1. The van der Waals surface area contributed by atoms with E-state index < -0.39 is 47.2 Å². The van der Waals surface area contributed by atoms with Gasteiger partial charge in [0, 0.05) is 0 Å². The van der Waals surface area contributed by atoms with E-state index in [1.165, 1.54) is 4.90 Å². The molecule has 2 saturated heterocycles. The van der Waals surface area contributed by atoms with E-state index in [0.29, 0.717) is 0 Å². The van der Waals surface area contributed by atoms with Gasteiger partial charge in [-0.15, -0.1) is 0 Å². The molecular formula is C16H11ClF3NO4. The summed E-state index contributed by atoms with van der Waals surface area (Å²) in [6.45, 7) is 0.0123. The van der Waals surface area contributed by atoms with Crippen LogP contribution in [0.25, 0.3) is 0 Å². The van der Waals surface area contributed by atoms with Crippen LogP contribution < -0.4 is 4.90 Å². The van der Waals surface area contributed by atoms with Crippen LogP contribution in [-0.2, 0) is 20.5 Å². The van der Waals surface area contributed by atoms with Crippen LogP contribution in [0.1, 0.15) is 5.56 Å². The maximum Gasteiger partial charge on any atom is 0.416 e. The molecule has 3 aliphatic heterocycles. The van der Waals surface area contributed by atoms with Gasteiger partial charge in [-0.2, -0.15) is 13.2 Å². The third-order valence-corrected chi connectivity index (χ3v) is 5.25. The van der Waals surface area contributed by atoms with Crippen molar-refractivity contribution in [3.63, 3.8) is 0 Å². The topological polar surface area (TPSA) is 66.8 Å². The Morgan fingerprint density at radius 1 is 1.40 bits per heavy atom. The number of rotatable bonds is 2. The van der Waals surface area contributed by atoms with Gasteiger partial charge in [0.2, 0.25) is 5.91 Å². The van der Waals surface area contributed by atoms with E-state index in [0.717, 1.165) is 18.2 Å². The number of benzene rings is 1. The molecule has 9 heteroatoms. The standard InChI is InChI=1S/C16H11ClF3NO4/c17-8-5-7(16(18,19)20)1-2-9(8)21-6-15-4-3-10(25-15)11(14(23)24)12(15)13(21)22/h1-5,10-12H,6H2,(H,23,24)/t10-,11?,12?,15-/m0/s1. The highest BCUT2D eigenvalue weighted by Gasteiger charge is 2.67. The Balaban J connectivity index is 1.72. The number of aliphatic carboxylic acids is 1. The van der Waals surface area contributed by atoms with Gasteiger partial charge in [-0.25, -0.2) is 0 Å². The van der Waals surface area contributed by atoms with Gasteiger partial charge in [0.25, 0.3) is 0 Å². The molecule has 0 aliphatic carbocycles. The molecule has 4 rings (SSSR count). The largest absolute Gasteiger partial charge is 0.481 e. The molecule has 1 spiro atoms. The minimum atomic E-state index is -4.55. The Labute approximate surface area is 144 Å². The molecule has 2 fully saturated rings. The molecule has 1 aromatic carbocycles. The van der Waals surface area contributed by atoms with Gasteiger partial charge >= 0.3 is 12.1 Å². The number of carbonyl (C=O) groups excluding carboxylic acids is 1. The molecule has 3 heterocycles. The summed E-state index contributed by atoms with van der Waals surface area (Å²) in [4.78, 5) is 25.5. The van der Waals surface area contributed by atoms with Gasteiger partial charge < -0.3 is 14.7 Å². The number of nitrogens with zero attached hydrogens (tertiary/aromatic N) is 1. The van der Waals surface area contributed by atoms with Crippen molar-refractivity contribution >= 4 is 29.2 Å². The first-order chi connectivity index (χ1) is 11.6. The summed E-state index contributed by atoms with van der Waals surface area (Å²) in [6.07, 6.45) is -1.94. The average molecular weight is 374 g/mol. The third kappa shape index (κ3) is 2.20. The number of hydrogen-bond donors (Lipinski definition) is 1. The first-order valence-corrected chi connectivity index (χ1v) is 7.80. The lowest BCUT2D eigenvalue weighted by Gasteiger charge is -2.22. The van der Waals surface area contributed by atoms with Crippen molar-refractivity contribution in [1.29, 1.82) is 0 Å². The summed E-state index contributed by atoms with van der Waals surface area (Å²) in [6, 6.07) is 2.70. The minimum absolute atomic E-state index is 0.0123. The van der Waals surface area contributed by atoms with Gasteiger partial charge in [-0.3, -0.25) is 9.59 Å². The van der Waals surface area contributed by atoms with Gasteiger partial charge in [-0.05, 0) is 18.2 Å². The molecule has 4 atom stereocenters. The average Bonchev–Trinajstić information content (AvgIpc) is 3.14. The van der Waals surface area contributed by atoms with Crippen LogP contribution in [0.3, 0.4) is 0 Å². The van der Waals surface area contributed by atoms with Crippen molar-refractivity contribution in [3.05, 3.63) is 40.9 Å². The molecule has 132 valence electrons. The number of hydrogen-bond acceptors (Lipinski definition) is 3. The molecular weight excluding hydrogens is 363 g/mol. The SMILES string of the molecule is O=C(O)C1C2C(=O)N(c3ccc(C(F)(F)F)cc3Cl)C[C@@]23C=C[C@@H]1O3. The highest BCUT2D eigenvalue weighted by atomic mass is 35.5. The summed E-state index contributed by atoms with van der Waals surface area (Å²) >= 11 is 5.97. The van der Waals surface area contributed by atoms with E-state index >= 15 is 0 Å². The van der Waals surface area contributed by atoms with Crippen molar-refractivity contribution in [2.45, 2.75) is 17.9 Å². The van der Waals surface area contributed by atoms with E-state index in [1.54, 1.807) is 12.2 Å². The van der Waals surface area contributed by atoms with Crippen LogP contribution >= 0.6 is 11.6 Å². The van der Waals surface area contributed by atoms with Crippen LogP contribution in [-0.4, -0.2) is 35.2 Å². The predicted octanol–water partition coefficient (Wildman–Crippen LogP) is 2.73. The molecule has 1 amide bonds. The molecule has 25 heavy (non-hydrogen) atoms. The Hall–Kier alpha value is -2.06. The number of amides is 1. The van der Waals surface area contributed by atoms with Crippen LogP contribution in [0, 0.1) is 11.8 Å². The van der Waals surface area contributed by atoms with Crippen LogP contribution in [0.5, 0.6) is 0 Å². The third-order valence-electron chi connectivity index (χ3n) is 4.95. The Morgan fingerprint density at radius 2 is 2.12 bits per heavy atom. The summed E-state index contributed by atoms with van der Waals surface area (Å²) in [7, 11) is 0. The summed E-state index contributed by atoms with van der Waals surface area (Å²) in [5.74, 6) is -3.59. The second-order valence-corrected chi connectivity index (χ2v) is 6.73. The number of carbonyl (C=O) groups is 2. The normalized spacial score (nSPS) is 33.2. The monoisotopic (exact) mass is 373 g/mol. The number of alkyl halides is 3. The molecule has 1 N–H and O–H groups in total. The molecule has 3 aliphatic rings. The fraction of sp³-hybridized carbons (Fsp3) is 0.375. The predicted molar refractivity (Wildman–Crippen MR) is 80.2 cm³/mol. The van der Waals surface area contributed by atoms with Gasteiger partial charge in [-0.1, -0.05) is 23.8 Å². The van der Waals surface area contributed by atoms with E-state index in [4.69, 9.17) is 16.3 Å². The van der Waals surface area contributed by atoms with Crippen LogP contribution in [0.2, 0.25) is 5.02 Å². The highest BCUT2D eigenvalue weighted by Crippen LogP contribution is 2.53. The number of carboxylic acid groups (broad SMARTS) is 1. The molecule has 1 aromatic rings. The lowest BCUT2D eigenvalue weighted by molar-refractivity contribution is -0.146. The van der Waals surface area contributed by atoms with Crippen LogP contribution in [0.15, 0.2) is 30.4 Å². The zero-order valence-corrected chi connectivity index (χ0v) is 13.2. The first kappa shape index (κ1) is 16.4. The maximum absolute atomic E-state index is 12.8. The number of halogens is 4. The van der Waals surface area contributed by atoms with E-state index in [9.17, 15) is 27.9 Å². The molecule has 0 saturated carbocycles. The number of anilines is 1. The number of ether oxygens (including phenoxy) is 1. The van der Waals surface area contributed by atoms with E-state index in [2.05, 4.69) is 0 Å². The van der Waals surface area contributed by atoms with Crippen molar-refractivity contribution in [1.82, 2.24) is 0 Å². The highest BCUT2D eigenvalue weighted by molar-refractivity contribution is 6.34.